The standard InChI is InChI=1S/C40H36N4O.Pt/c1-5-12-28-17-20-37-34(24-28)33-19-18-32(26-38(33)43(37)39-23-27(4)21-22-41-39)45-31-16-11-15-30(25-31)44-36(7-3)40(35(6-2)42-44)29-13-9-8-10-14-29;/h8-11,13-24H,5-7,12H2,1-4H3;/q-2;+2. The number of pyridine rings is 1. The Balaban J connectivity index is 0.00000372. The Kier molecular flexibility index (Phi) is 9.24. The van der Waals surface area contributed by atoms with E-state index in [1.165, 1.54) is 22.1 Å². The number of hydrogen-bond acceptors (Lipinski definition) is 3. The van der Waals surface area contributed by atoms with Gasteiger partial charge in [0.25, 0.3) is 0 Å². The Bertz CT molecular complexity index is 2140. The number of hydrogen-bond donors (Lipinski definition) is 0. The number of rotatable bonds is 9. The minimum absolute atomic E-state index is 0. The minimum atomic E-state index is 0. The quantitative estimate of drug-likeness (QED) is 0.137. The molecule has 7 aromatic rings. The Morgan fingerprint density at radius 3 is 2.37 bits per heavy atom. The van der Waals surface area contributed by atoms with Crippen molar-refractivity contribution in [2.24, 2.45) is 0 Å². The van der Waals surface area contributed by atoms with E-state index in [9.17, 15) is 0 Å². The molecule has 232 valence electrons. The van der Waals surface area contributed by atoms with Crippen LogP contribution < -0.4 is 4.74 Å². The molecule has 0 unspecified atom stereocenters. The van der Waals surface area contributed by atoms with Gasteiger partial charge in [-0.25, -0.2) is 4.98 Å². The van der Waals surface area contributed by atoms with Crippen molar-refractivity contribution in [1.82, 2.24) is 19.3 Å². The summed E-state index contributed by atoms with van der Waals surface area (Å²) >= 11 is 0. The SMILES string of the molecule is CCCc1ccc2c(c1)c1ccc(Oc3[c-]c(-n4nc(CC)c(-c5ccccc5)c4CC)ccc3)[c-]c1n2-c1cc(C)ccn1.[Pt+2]. The molecule has 0 radical (unpaired) electrons. The van der Waals surface area contributed by atoms with Gasteiger partial charge in [0.2, 0.25) is 0 Å². The van der Waals surface area contributed by atoms with Crippen molar-refractivity contribution in [3.63, 3.8) is 0 Å². The van der Waals surface area contributed by atoms with Gasteiger partial charge in [0.05, 0.1) is 5.69 Å². The van der Waals surface area contributed by atoms with Crippen LogP contribution in [0.1, 0.15) is 49.7 Å². The molecule has 0 atom stereocenters. The number of nitrogens with zero attached hydrogens (tertiary/aromatic N) is 4. The first-order valence-corrected chi connectivity index (χ1v) is 15.9. The van der Waals surface area contributed by atoms with Gasteiger partial charge in [-0.3, -0.25) is 4.68 Å². The van der Waals surface area contributed by atoms with Gasteiger partial charge < -0.3 is 9.30 Å². The van der Waals surface area contributed by atoms with Crippen molar-refractivity contribution < 1.29 is 25.8 Å². The second kappa shape index (κ2) is 13.5. The maximum atomic E-state index is 6.46. The van der Waals surface area contributed by atoms with E-state index in [4.69, 9.17) is 14.8 Å². The van der Waals surface area contributed by atoms with Crippen molar-refractivity contribution in [2.45, 2.75) is 53.4 Å². The van der Waals surface area contributed by atoms with Crippen LogP contribution in [0.4, 0.5) is 0 Å². The first kappa shape index (κ1) is 31.5. The topological polar surface area (TPSA) is 44.9 Å². The van der Waals surface area contributed by atoms with Gasteiger partial charge in [0.15, 0.2) is 0 Å². The maximum absolute atomic E-state index is 6.46. The van der Waals surface area contributed by atoms with Crippen LogP contribution in [0, 0.1) is 19.1 Å². The Morgan fingerprint density at radius 1 is 0.783 bits per heavy atom. The predicted octanol–water partition coefficient (Wildman–Crippen LogP) is 9.81. The van der Waals surface area contributed by atoms with Crippen LogP contribution in [0.25, 0.3) is 44.4 Å². The summed E-state index contributed by atoms with van der Waals surface area (Å²) in [6, 6.07) is 38.6. The van der Waals surface area contributed by atoms with Gasteiger partial charge in [0, 0.05) is 34.5 Å². The number of fused-ring (bicyclic) bond motifs is 3. The second-order valence-corrected chi connectivity index (χ2v) is 11.5. The Morgan fingerprint density at radius 2 is 1.61 bits per heavy atom. The van der Waals surface area contributed by atoms with E-state index in [1.807, 2.05) is 41.2 Å². The molecule has 5 nitrogen and oxygen atoms in total. The van der Waals surface area contributed by atoms with Gasteiger partial charge in [-0.2, -0.15) is 17.2 Å². The van der Waals surface area contributed by atoms with Gasteiger partial charge >= 0.3 is 21.1 Å². The summed E-state index contributed by atoms with van der Waals surface area (Å²) in [6.07, 6.45) is 5.71. The molecule has 0 amide bonds. The van der Waals surface area contributed by atoms with E-state index in [2.05, 4.69) is 105 Å². The minimum Gasteiger partial charge on any atom is -0.509 e. The van der Waals surface area contributed by atoms with Gasteiger partial charge in [-0.1, -0.05) is 75.2 Å². The molecule has 3 aromatic heterocycles. The summed E-state index contributed by atoms with van der Waals surface area (Å²) in [5.74, 6) is 2.10. The van der Waals surface area contributed by atoms with Gasteiger partial charge in [-0.05, 0) is 72.1 Å². The molecule has 46 heavy (non-hydrogen) atoms. The average Bonchev–Trinajstić information content (AvgIpc) is 3.60. The van der Waals surface area contributed by atoms with Crippen molar-refractivity contribution in [3.8, 4) is 34.1 Å². The van der Waals surface area contributed by atoms with E-state index < -0.39 is 0 Å². The predicted molar refractivity (Wildman–Crippen MR) is 183 cm³/mol. The van der Waals surface area contributed by atoms with E-state index >= 15 is 0 Å². The van der Waals surface area contributed by atoms with Crippen LogP contribution in [-0.2, 0) is 40.3 Å². The van der Waals surface area contributed by atoms with Crippen LogP contribution in [0.5, 0.6) is 11.5 Å². The first-order valence-electron chi connectivity index (χ1n) is 15.9. The fraction of sp³-hybridized carbons (Fsp3) is 0.200. The van der Waals surface area contributed by atoms with Crippen LogP contribution in [0.2, 0.25) is 0 Å². The van der Waals surface area contributed by atoms with E-state index in [-0.39, 0.29) is 21.1 Å². The van der Waals surface area contributed by atoms with Crippen molar-refractivity contribution in [2.75, 3.05) is 0 Å². The van der Waals surface area contributed by atoms with Crippen LogP contribution in [0.3, 0.4) is 0 Å². The molecular weight excluding hydrogens is 748 g/mol. The smallest absolute Gasteiger partial charge is 0.509 e. The van der Waals surface area contributed by atoms with Crippen molar-refractivity contribution in [1.29, 1.82) is 0 Å². The molecule has 0 saturated heterocycles. The number of ether oxygens (including phenoxy) is 1. The number of aromatic nitrogens is 4. The average molecular weight is 784 g/mol. The maximum Gasteiger partial charge on any atom is 2.00 e. The summed E-state index contributed by atoms with van der Waals surface area (Å²) in [6.45, 7) is 8.64. The zero-order valence-corrected chi connectivity index (χ0v) is 28.9. The first-order chi connectivity index (χ1) is 22.1. The molecule has 0 aliphatic rings. The molecule has 0 aliphatic heterocycles. The van der Waals surface area contributed by atoms with Crippen LogP contribution in [-0.4, -0.2) is 19.3 Å². The number of benzene rings is 4. The van der Waals surface area contributed by atoms with Gasteiger partial charge in [0.1, 0.15) is 5.82 Å². The molecule has 0 N–H and O–H groups in total. The molecule has 3 heterocycles. The summed E-state index contributed by atoms with van der Waals surface area (Å²) in [5, 5.41) is 7.37. The van der Waals surface area contributed by atoms with Crippen LogP contribution in [0.15, 0.2) is 97.2 Å². The zero-order chi connectivity index (χ0) is 30.9. The van der Waals surface area contributed by atoms with Crippen molar-refractivity contribution >= 4 is 21.8 Å². The van der Waals surface area contributed by atoms with Crippen LogP contribution >= 0.6 is 0 Å². The number of aryl methyl sites for hydroxylation is 3. The Labute approximate surface area is 285 Å². The summed E-state index contributed by atoms with van der Waals surface area (Å²) in [5.41, 5.74) is 10.0. The fourth-order valence-corrected chi connectivity index (χ4v) is 6.31. The van der Waals surface area contributed by atoms with Gasteiger partial charge in [-0.15, -0.1) is 35.7 Å². The molecule has 0 bridgehead atoms. The molecule has 7 rings (SSSR count). The summed E-state index contributed by atoms with van der Waals surface area (Å²) in [7, 11) is 0. The fourth-order valence-electron chi connectivity index (χ4n) is 6.31. The monoisotopic (exact) mass is 783 g/mol. The normalized spacial score (nSPS) is 11.2. The van der Waals surface area contributed by atoms with E-state index in [1.54, 1.807) is 0 Å². The molecule has 0 spiro atoms. The van der Waals surface area contributed by atoms with E-state index in [0.29, 0.717) is 11.5 Å². The Hall–Kier alpha value is -4.47. The third-order valence-electron chi connectivity index (χ3n) is 8.37. The molecule has 4 aromatic carbocycles. The third-order valence-corrected chi connectivity index (χ3v) is 8.37. The molecule has 6 heteroatoms. The zero-order valence-electron chi connectivity index (χ0n) is 26.6. The largest absolute Gasteiger partial charge is 2.00 e. The second-order valence-electron chi connectivity index (χ2n) is 11.5. The third kappa shape index (κ3) is 5.81. The molecule has 0 fully saturated rings. The van der Waals surface area contributed by atoms with E-state index in [0.717, 1.165) is 70.6 Å². The molecular formula is C40H36N4OPt. The van der Waals surface area contributed by atoms with Crippen molar-refractivity contribution in [3.05, 3.63) is 132 Å². The summed E-state index contributed by atoms with van der Waals surface area (Å²) < 4.78 is 10.7. The molecule has 0 aliphatic carbocycles. The summed E-state index contributed by atoms with van der Waals surface area (Å²) in [4.78, 5) is 4.74. The molecule has 0 saturated carbocycles.